The molecule has 1 N–H and O–H groups in total. The summed E-state index contributed by atoms with van der Waals surface area (Å²) in [6, 6.07) is 0. The van der Waals surface area contributed by atoms with E-state index < -0.39 is 11.9 Å². The van der Waals surface area contributed by atoms with Gasteiger partial charge in [0.25, 0.3) is 0 Å². The van der Waals surface area contributed by atoms with Gasteiger partial charge >= 0.3 is 6.18 Å². The third kappa shape index (κ3) is 1.36. The Kier molecular flexibility index (Phi) is 1.52. The lowest BCUT2D eigenvalue weighted by Crippen LogP contribution is -2.95. The number of rotatable bonds is 0. The van der Waals surface area contributed by atoms with Crippen molar-refractivity contribution in [2.24, 2.45) is 5.10 Å². The van der Waals surface area contributed by atoms with Crippen LogP contribution in [0, 0.1) is 7.05 Å². The van der Waals surface area contributed by atoms with E-state index in [4.69, 9.17) is 0 Å². The summed E-state index contributed by atoms with van der Waals surface area (Å²) >= 11 is 0. The first kappa shape index (κ1) is 7.27. The standard InChI is InChI=1S/C5H5F3N2/c1-10-3-2-4(9-10)5(6,7)8/h2-3,10H,1H2. The van der Waals surface area contributed by atoms with Crippen molar-refractivity contribution in [2.75, 3.05) is 0 Å². The molecular weight excluding hydrogens is 145 g/mol. The van der Waals surface area contributed by atoms with Crippen molar-refractivity contribution in [3.8, 4) is 0 Å². The molecule has 0 saturated carbocycles. The van der Waals surface area contributed by atoms with Crippen LogP contribution >= 0.6 is 0 Å². The molecule has 1 rings (SSSR count). The fraction of sp³-hybridized carbons (Fsp3) is 0.200. The predicted molar refractivity (Wildman–Crippen MR) is 28.9 cm³/mol. The minimum absolute atomic E-state index is 0.146. The lowest BCUT2D eigenvalue weighted by atomic mass is 10.4. The third-order valence-electron chi connectivity index (χ3n) is 0.988. The Morgan fingerprint density at radius 1 is 1.50 bits per heavy atom. The third-order valence-corrected chi connectivity index (χ3v) is 0.988. The topological polar surface area (TPSA) is 16.8 Å². The molecule has 0 saturated heterocycles. The predicted octanol–water partition coefficient (Wildman–Crippen LogP) is 0.108. The number of allylic oxidation sites excluding steroid dienone is 1. The summed E-state index contributed by atoms with van der Waals surface area (Å²) in [4.78, 5) is 0. The van der Waals surface area contributed by atoms with Crippen molar-refractivity contribution in [1.82, 2.24) is 0 Å². The first-order chi connectivity index (χ1) is 4.50. The Bertz CT molecular complexity index is 192. The average Bonchev–Trinajstić information content (AvgIpc) is 2.11. The molecule has 0 fully saturated rings. The highest BCUT2D eigenvalue weighted by atomic mass is 19.4. The summed E-state index contributed by atoms with van der Waals surface area (Å²) in [6.45, 7) is 0. The van der Waals surface area contributed by atoms with Crippen LogP contribution < -0.4 is 5.01 Å². The minimum Gasteiger partial charge on any atom is -0.312 e. The van der Waals surface area contributed by atoms with Gasteiger partial charge in [0.05, 0.1) is 6.20 Å². The Hall–Kier alpha value is -0.840. The molecule has 0 bridgehead atoms. The van der Waals surface area contributed by atoms with E-state index in [1.165, 1.54) is 6.20 Å². The molecule has 5 heteroatoms. The van der Waals surface area contributed by atoms with Crippen molar-refractivity contribution in [1.29, 1.82) is 0 Å². The summed E-state index contributed by atoms with van der Waals surface area (Å²) in [5, 5.41) is 3.29. The van der Waals surface area contributed by atoms with E-state index in [2.05, 4.69) is 12.1 Å². The number of quaternary nitrogens is 1. The minimum atomic E-state index is -4.34. The van der Waals surface area contributed by atoms with E-state index in [1.807, 2.05) is 0 Å². The molecule has 2 nitrogen and oxygen atoms in total. The monoisotopic (exact) mass is 150 g/mol. The number of nitrogens with zero attached hydrogens (tertiary/aromatic N) is 1. The maximum atomic E-state index is 11.7. The highest BCUT2D eigenvalue weighted by molar-refractivity contribution is 5.99. The lowest BCUT2D eigenvalue weighted by molar-refractivity contribution is -0.801. The van der Waals surface area contributed by atoms with Gasteiger partial charge in [-0.2, -0.15) is 13.2 Å². The van der Waals surface area contributed by atoms with Crippen molar-refractivity contribution in [3.63, 3.8) is 0 Å². The van der Waals surface area contributed by atoms with Crippen molar-refractivity contribution in [3.05, 3.63) is 19.3 Å². The van der Waals surface area contributed by atoms with E-state index in [9.17, 15) is 13.2 Å². The molecule has 1 aliphatic heterocycles. The van der Waals surface area contributed by atoms with Crippen molar-refractivity contribution >= 4 is 5.71 Å². The first-order valence-corrected chi connectivity index (χ1v) is 2.53. The second kappa shape index (κ2) is 2.09. The van der Waals surface area contributed by atoms with Gasteiger partial charge in [0, 0.05) is 6.08 Å². The summed E-state index contributed by atoms with van der Waals surface area (Å²) in [5.74, 6) is 0. The molecule has 0 aliphatic carbocycles. The van der Waals surface area contributed by atoms with Crippen LogP contribution in [-0.2, 0) is 0 Å². The van der Waals surface area contributed by atoms with E-state index in [0.717, 1.165) is 6.08 Å². The zero-order valence-corrected chi connectivity index (χ0v) is 4.94. The van der Waals surface area contributed by atoms with Crippen LogP contribution in [0.25, 0.3) is 0 Å². The summed E-state index contributed by atoms with van der Waals surface area (Å²) < 4.78 is 35.1. The highest BCUT2D eigenvalue weighted by Gasteiger charge is 2.37. The number of nitrogens with one attached hydrogen (secondary N) is 1. The molecule has 0 spiro atoms. The highest BCUT2D eigenvalue weighted by Crippen LogP contribution is 2.17. The van der Waals surface area contributed by atoms with E-state index in [1.54, 1.807) is 0 Å². The molecule has 0 radical (unpaired) electrons. The molecule has 1 heterocycles. The van der Waals surface area contributed by atoms with Crippen LogP contribution in [0.2, 0.25) is 0 Å². The van der Waals surface area contributed by atoms with E-state index >= 15 is 0 Å². The van der Waals surface area contributed by atoms with Crippen molar-refractivity contribution < 1.29 is 18.2 Å². The quantitative estimate of drug-likeness (QED) is 0.472. The SMILES string of the molecule is [CH2-][NH+]1C=CC(C(F)(F)F)=N1. The van der Waals surface area contributed by atoms with Gasteiger partial charge in [-0.05, 0) is 0 Å². The van der Waals surface area contributed by atoms with Crippen LogP contribution in [0.3, 0.4) is 0 Å². The Balaban J connectivity index is 2.78. The van der Waals surface area contributed by atoms with Crippen LogP contribution in [0.1, 0.15) is 0 Å². The Morgan fingerprint density at radius 2 is 2.10 bits per heavy atom. The van der Waals surface area contributed by atoms with Gasteiger partial charge in [-0.3, -0.25) is 0 Å². The van der Waals surface area contributed by atoms with Crippen molar-refractivity contribution in [2.45, 2.75) is 6.18 Å². The fourth-order valence-electron chi connectivity index (χ4n) is 0.562. The molecule has 1 aliphatic rings. The normalized spacial score (nSPS) is 25.2. The van der Waals surface area contributed by atoms with Crippen LogP contribution in [0.5, 0.6) is 0 Å². The summed E-state index contributed by atoms with van der Waals surface area (Å²) in [6.07, 6.45) is -2.21. The molecule has 1 atom stereocenters. The molecule has 1 unspecified atom stereocenters. The molecule has 0 aromatic heterocycles. The molecule has 0 aromatic carbocycles. The second-order valence-corrected chi connectivity index (χ2v) is 1.82. The first-order valence-electron chi connectivity index (χ1n) is 2.53. The maximum Gasteiger partial charge on any atom is 0.438 e. The van der Waals surface area contributed by atoms with Crippen LogP contribution in [0.15, 0.2) is 17.4 Å². The van der Waals surface area contributed by atoms with Gasteiger partial charge < -0.3 is 5.01 Å². The second-order valence-electron chi connectivity index (χ2n) is 1.82. The zero-order valence-electron chi connectivity index (χ0n) is 4.94. The molecular formula is C5H5F3N2. The molecule has 0 amide bonds. The molecule has 56 valence electrons. The number of hydrogen-bond donors (Lipinski definition) is 1. The Morgan fingerprint density at radius 3 is 2.30 bits per heavy atom. The van der Waals surface area contributed by atoms with Gasteiger partial charge in [-0.25, -0.2) is 0 Å². The van der Waals surface area contributed by atoms with Gasteiger partial charge in [0.15, 0.2) is 0 Å². The molecule has 0 aromatic rings. The van der Waals surface area contributed by atoms with Crippen LogP contribution in [0.4, 0.5) is 13.2 Å². The summed E-state index contributed by atoms with van der Waals surface area (Å²) in [7, 11) is 3.24. The van der Waals surface area contributed by atoms with Gasteiger partial charge in [-0.1, -0.05) is 0 Å². The van der Waals surface area contributed by atoms with Gasteiger partial charge in [-0.15, -0.1) is 12.1 Å². The largest absolute Gasteiger partial charge is 0.438 e. The number of hydrogen-bond acceptors (Lipinski definition) is 1. The van der Waals surface area contributed by atoms with E-state index in [-0.39, 0.29) is 5.01 Å². The maximum absolute atomic E-state index is 11.7. The number of halogens is 3. The average molecular weight is 150 g/mol. The Labute approximate surface area is 55.6 Å². The summed E-state index contributed by atoms with van der Waals surface area (Å²) in [5.41, 5.74) is -0.877. The smallest absolute Gasteiger partial charge is 0.312 e. The van der Waals surface area contributed by atoms with Gasteiger partial charge in [0.1, 0.15) is 0 Å². The number of alkyl halides is 3. The van der Waals surface area contributed by atoms with Crippen LogP contribution in [-0.4, -0.2) is 11.9 Å². The van der Waals surface area contributed by atoms with Gasteiger partial charge in [0.2, 0.25) is 5.71 Å². The molecule has 10 heavy (non-hydrogen) atoms. The van der Waals surface area contributed by atoms with E-state index in [0.29, 0.717) is 0 Å². The lowest BCUT2D eigenvalue weighted by Gasteiger charge is -2.03. The zero-order chi connectivity index (χ0) is 7.78. The fourth-order valence-corrected chi connectivity index (χ4v) is 0.562.